The molecule has 0 saturated carbocycles. The molecule has 0 fully saturated rings. The number of anilines is 2. The Labute approximate surface area is 161 Å². The highest BCUT2D eigenvalue weighted by molar-refractivity contribution is 6.31. The number of rotatable bonds is 5. The lowest BCUT2D eigenvalue weighted by Gasteiger charge is -2.12. The summed E-state index contributed by atoms with van der Waals surface area (Å²) in [7, 11) is 0. The number of benzene rings is 2. The zero-order valence-electron chi connectivity index (χ0n) is 15.0. The molecule has 7 nitrogen and oxygen atoms in total. The Kier molecular flexibility index (Phi) is 5.23. The Morgan fingerprint density at radius 2 is 1.81 bits per heavy atom. The van der Waals surface area contributed by atoms with Gasteiger partial charge in [0.15, 0.2) is 0 Å². The van der Waals surface area contributed by atoms with Gasteiger partial charge in [0.2, 0.25) is 5.82 Å². The molecule has 0 radical (unpaired) electrons. The van der Waals surface area contributed by atoms with E-state index in [1.54, 1.807) is 30.3 Å². The summed E-state index contributed by atoms with van der Waals surface area (Å²) in [6.45, 7) is 5.65. The van der Waals surface area contributed by atoms with Gasteiger partial charge in [0, 0.05) is 10.7 Å². The molecular formula is C19H17ClN4O3. The van der Waals surface area contributed by atoms with Gasteiger partial charge < -0.3 is 10.1 Å². The number of nitrogens with zero attached hydrogens (tertiary/aromatic N) is 3. The fourth-order valence-electron chi connectivity index (χ4n) is 2.67. The number of aromatic nitrogens is 2. The third kappa shape index (κ3) is 4.15. The van der Waals surface area contributed by atoms with Gasteiger partial charge in [-0.1, -0.05) is 23.7 Å². The maximum Gasteiger partial charge on any atom is 0.373 e. The van der Waals surface area contributed by atoms with E-state index in [-0.39, 0.29) is 17.4 Å². The summed E-state index contributed by atoms with van der Waals surface area (Å²) in [5.74, 6) is 0.362. The predicted molar refractivity (Wildman–Crippen MR) is 104 cm³/mol. The minimum Gasteiger partial charge on any atom is -0.434 e. The average Bonchev–Trinajstić information content (AvgIpc) is 2.58. The normalized spacial score (nSPS) is 10.5. The number of hydrogen-bond donors (Lipinski definition) is 1. The van der Waals surface area contributed by atoms with Crippen LogP contribution in [0.15, 0.2) is 42.7 Å². The van der Waals surface area contributed by atoms with Gasteiger partial charge in [0.25, 0.3) is 0 Å². The topological polar surface area (TPSA) is 90.2 Å². The number of aryl methyl sites for hydroxylation is 2. The first kappa shape index (κ1) is 18.6. The molecule has 0 atom stereocenters. The van der Waals surface area contributed by atoms with E-state index in [4.69, 9.17) is 16.3 Å². The van der Waals surface area contributed by atoms with Crippen molar-refractivity contribution in [1.82, 2.24) is 9.97 Å². The van der Waals surface area contributed by atoms with Crippen LogP contribution in [0.1, 0.15) is 16.7 Å². The summed E-state index contributed by atoms with van der Waals surface area (Å²) in [6.07, 6.45) is 1.22. The first-order chi connectivity index (χ1) is 12.8. The molecule has 0 aliphatic rings. The smallest absolute Gasteiger partial charge is 0.373 e. The van der Waals surface area contributed by atoms with Crippen molar-refractivity contribution in [2.24, 2.45) is 0 Å². The predicted octanol–water partition coefficient (Wildman–Crippen LogP) is 5.50. The second-order valence-electron chi connectivity index (χ2n) is 6.10. The third-order valence-electron chi connectivity index (χ3n) is 3.90. The molecule has 138 valence electrons. The summed E-state index contributed by atoms with van der Waals surface area (Å²) in [6, 6.07) is 10.8. The van der Waals surface area contributed by atoms with Crippen LogP contribution in [0.3, 0.4) is 0 Å². The number of hydrogen-bond acceptors (Lipinski definition) is 6. The van der Waals surface area contributed by atoms with Crippen molar-refractivity contribution in [1.29, 1.82) is 0 Å². The van der Waals surface area contributed by atoms with E-state index in [1.807, 2.05) is 26.8 Å². The molecular weight excluding hydrogens is 368 g/mol. The zero-order valence-corrected chi connectivity index (χ0v) is 15.7. The summed E-state index contributed by atoms with van der Waals surface area (Å²) in [4.78, 5) is 19.1. The van der Waals surface area contributed by atoms with Crippen molar-refractivity contribution in [3.8, 4) is 11.6 Å². The summed E-state index contributed by atoms with van der Waals surface area (Å²) in [5, 5.41) is 15.2. The van der Waals surface area contributed by atoms with Gasteiger partial charge >= 0.3 is 11.6 Å². The van der Waals surface area contributed by atoms with Crippen LogP contribution in [0.25, 0.3) is 0 Å². The van der Waals surface area contributed by atoms with Crippen LogP contribution < -0.4 is 10.1 Å². The van der Waals surface area contributed by atoms with E-state index in [0.717, 1.165) is 16.7 Å². The fourth-order valence-corrected chi connectivity index (χ4v) is 2.84. The summed E-state index contributed by atoms with van der Waals surface area (Å²) < 4.78 is 5.71. The molecule has 1 N–H and O–H groups in total. The highest BCUT2D eigenvalue weighted by Gasteiger charge is 2.25. The Balaban J connectivity index is 2.02. The van der Waals surface area contributed by atoms with Gasteiger partial charge in [-0.05, 0) is 61.7 Å². The number of halogens is 1. The maximum absolute atomic E-state index is 11.7. The van der Waals surface area contributed by atoms with Crippen LogP contribution in [0.4, 0.5) is 17.2 Å². The standard InChI is InChI=1S/C19H17ClN4O3/c1-11-7-12(2)9-14(8-11)27-19-17(24(25)26)18(21-10-22-19)23-16-6-4-5-15(20)13(16)3/h4-10H,1-3H3,(H,21,22,23). The average molecular weight is 385 g/mol. The molecule has 0 aliphatic heterocycles. The number of nitrogens with one attached hydrogen (secondary N) is 1. The van der Waals surface area contributed by atoms with Gasteiger partial charge in [-0.2, -0.15) is 4.98 Å². The van der Waals surface area contributed by atoms with Crippen molar-refractivity contribution in [2.45, 2.75) is 20.8 Å². The molecule has 0 unspecified atom stereocenters. The molecule has 0 saturated heterocycles. The third-order valence-corrected chi connectivity index (χ3v) is 4.31. The molecule has 0 bridgehead atoms. The zero-order chi connectivity index (χ0) is 19.6. The van der Waals surface area contributed by atoms with Gasteiger partial charge in [-0.3, -0.25) is 10.1 Å². The summed E-state index contributed by atoms with van der Waals surface area (Å²) >= 11 is 6.12. The molecule has 0 amide bonds. The van der Waals surface area contributed by atoms with Crippen LogP contribution in [-0.2, 0) is 0 Å². The molecule has 1 heterocycles. The van der Waals surface area contributed by atoms with Gasteiger partial charge in [0.1, 0.15) is 12.1 Å². The number of nitro groups is 1. The quantitative estimate of drug-likeness (QED) is 0.461. The minimum absolute atomic E-state index is 0.0275. The monoisotopic (exact) mass is 384 g/mol. The van der Waals surface area contributed by atoms with E-state index < -0.39 is 4.92 Å². The maximum atomic E-state index is 11.7. The van der Waals surface area contributed by atoms with Crippen molar-refractivity contribution >= 4 is 28.8 Å². The van der Waals surface area contributed by atoms with Gasteiger partial charge in [-0.15, -0.1) is 0 Å². The van der Waals surface area contributed by atoms with Crippen LogP contribution in [-0.4, -0.2) is 14.9 Å². The van der Waals surface area contributed by atoms with E-state index >= 15 is 0 Å². The molecule has 2 aromatic carbocycles. The van der Waals surface area contributed by atoms with Crippen LogP contribution >= 0.6 is 11.6 Å². The fraction of sp³-hybridized carbons (Fsp3) is 0.158. The van der Waals surface area contributed by atoms with Crippen molar-refractivity contribution in [3.05, 3.63) is 74.6 Å². The lowest BCUT2D eigenvalue weighted by atomic mass is 10.1. The van der Waals surface area contributed by atoms with Gasteiger partial charge in [0.05, 0.1) is 4.92 Å². The number of ether oxygens (including phenoxy) is 1. The Morgan fingerprint density at radius 1 is 1.11 bits per heavy atom. The molecule has 3 rings (SSSR count). The molecule has 1 aromatic heterocycles. The molecule has 0 aliphatic carbocycles. The second kappa shape index (κ2) is 7.59. The highest BCUT2D eigenvalue weighted by atomic mass is 35.5. The second-order valence-corrected chi connectivity index (χ2v) is 6.50. The molecule has 3 aromatic rings. The first-order valence-corrected chi connectivity index (χ1v) is 8.50. The van der Waals surface area contributed by atoms with Crippen LogP contribution in [0.5, 0.6) is 11.6 Å². The lowest BCUT2D eigenvalue weighted by molar-refractivity contribution is -0.385. The summed E-state index contributed by atoms with van der Waals surface area (Å²) in [5.41, 5.74) is 2.98. The van der Waals surface area contributed by atoms with Crippen molar-refractivity contribution < 1.29 is 9.66 Å². The van der Waals surface area contributed by atoms with Crippen LogP contribution in [0.2, 0.25) is 5.02 Å². The molecule has 27 heavy (non-hydrogen) atoms. The van der Waals surface area contributed by atoms with E-state index in [9.17, 15) is 10.1 Å². The minimum atomic E-state index is -0.569. The first-order valence-electron chi connectivity index (χ1n) is 8.13. The largest absolute Gasteiger partial charge is 0.434 e. The lowest BCUT2D eigenvalue weighted by Crippen LogP contribution is -2.04. The van der Waals surface area contributed by atoms with E-state index in [1.165, 1.54) is 6.33 Å². The highest BCUT2D eigenvalue weighted by Crippen LogP contribution is 2.37. The van der Waals surface area contributed by atoms with E-state index in [0.29, 0.717) is 16.5 Å². The molecule has 8 heteroatoms. The molecule has 0 spiro atoms. The Hall–Kier alpha value is -3.19. The van der Waals surface area contributed by atoms with E-state index in [2.05, 4.69) is 15.3 Å². The SMILES string of the molecule is Cc1cc(C)cc(Oc2ncnc(Nc3cccc(Cl)c3C)c2[N+](=O)[O-])c1. The van der Waals surface area contributed by atoms with Crippen molar-refractivity contribution in [3.63, 3.8) is 0 Å². The van der Waals surface area contributed by atoms with Crippen molar-refractivity contribution in [2.75, 3.05) is 5.32 Å². The Morgan fingerprint density at radius 3 is 2.48 bits per heavy atom. The van der Waals surface area contributed by atoms with Crippen LogP contribution in [0, 0.1) is 30.9 Å². The Bertz CT molecular complexity index is 1000. The van der Waals surface area contributed by atoms with Gasteiger partial charge in [-0.25, -0.2) is 4.98 Å².